The van der Waals surface area contributed by atoms with Crippen LogP contribution in [0.25, 0.3) is 0 Å². The van der Waals surface area contributed by atoms with Gasteiger partial charge >= 0.3 is 5.97 Å². The number of imide groups is 1. The molecular formula is C23H37N3O6. The van der Waals surface area contributed by atoms with E-state index in [1.165, 1.54) is 0 Å². The molecule has 32 heavy (non-hydrogen) atoms. The second-order valence-electron chi connectivity index (χ2n) is 9.15. The number of aliphatic carboxylic acids is 1. The second-order valence-corrected chi connectivity index (χ2v) is 9.15. The Morgan fingerprint density at radius 2 is 1.66 bits per heavy atom. The standard InChI is InChI=1S/C23H37N3O6/c1-15-8-7-11-18(16(15)2)25(3)22(31)20(21(30)24-13-12-19(28)29)23(32)26(14-27)17-9-5-4-6-10-17/h14-18,31H,4-13H2,1-3H3,(H,24,30)(H,28,29). The van der Waals surface area contributed by atoms with Gasteiger partial charge in [0.25, 0.3) is 11.8 Å². The van der Waals surface area contributed by atoms with Crippen molar-refractivity contribution in [3.8, 4) is 0 Å². The fourth-order valence-corrected chi connectivity index (χ4v) is 4.89. The minimum atomic E-state index is -1.09. The lowest BCUT2D eigenvalue weighted by atomic mass is 9.77. The summed E-state index contributed by atoms with van der Waals surface area (Å²) >= 11 is 0. The molecule has 2 rings (SSSR count). The first kappa shape index (κ1) is 25.7. The molecule has 3 unspecified atom stereocenters. The highest BCUT2D eigenvalue weighted by Gasteiger charge is 2.37. The number of nitrogens with zero attached hydrogens (tertiary/aromatic N) is 2. The highest BCUT2D eigenvalue weighted by atomic mass is 16.4. The van der Waals surface area contributed by atoms with Crippen LogP contribution in [0.5, 0.6) is 0 Å². The number of hydrogen-bond acceptors (Lipinski definition) is 6. The molecule has 3 amide bonds. The molecule has 3 N–H and O–H groups in total. The van der Waals surface area contributed by atoms with Crippen LogP contribution in [-0.4, -0.2) is 69.9 Å². The number of amides is 3. The summed E-state index contributed by atoms with van der Waals surface area (Å²) in [6, 6.07) is -0.380. The van der Waals surface area contributed by atoms with Crippen LogP contribution in [0.1, 0.15) is 71.6 Å². The molecule has 9 heteroatoms. The van der Waals surface area contributed by atoms with Gasteiger partial charge in [-0.1, -0.05) is 46.0 Å². The second kappa shape index (κ2) is 11.9. The number of carbonyl (C=O) groups excluding carboxylic acids is 3. The Bertz CT molecular complexity index is 731. The lowest BCUT2D eigenvalue weighted by Crippen LogP contribution is -2.47. The van der Waals surface area contributed by atoms with Crippen LogP contribution in [0.2, 0.25) is 0 Å². The third-order valence-corrected chi connectivity index (χ3v) is 7.10. The molecule has 3 atom stereocenters. The summed E-state index contributed by atoms with van der Waals surface area (Å²) in [5, 5.41) is 22.3. The molecule has 2 aliphatic rings. The van der Waals surface area contributed by atoms with E-state index in [-0.39, 0.29) is 31.0 Å². The Hall–Kier alpha value is -2.58. The van der Waals surface area contributed by atoms with Gasteiger partial charge in [-0.25, -0.2) is 0 Å². The van der Waals surface area contributed by atoms with E-state index in [9.17, 15) is 24.3 Å². The molecule has 0 bridgehead atoms. The third-order valence-electron chi connectivity index (χ3n) is 7.10. The van der Waals surface area contributed by atoms with Crippen molar-refractivity contribution in [2.45, 2.75) is 83.7 Å². The van der Waals surface area contributed by atoms with Gasteiger partial charge in [-0.3, -0.25) is 24.1 Å². The Labute approximate surface area is 189 Å². The van der Waals surface area contributed by atoms with E-state index in [2.05, 4.69) is 19.2 Å². The van der Waals surface area contributed by atoms with Crippen molar-refractivity contribution < 1.29 is 29.4 Å². The molecule has 0 aromatic heterocycles. The Morgan fingerprint density at radius 3 is 2.25 bits per heavy atom. The van der Waals surface area contributed by atoms with Crippen molar-refractivity contribution in [1.82, 2.24) is 15.1 Å². The normalized spacial score (nSPS) is 24.8. The fraction of sp³-hybridized carbons (Fsp3) is 0.739. The Balaban J connectivity index is 2.36. The highest BCUT2D eigenvalue weighted by molar-refractivity contribution is 6.20. The summed E-state index contributed by atoms with van der Waals surface area (Å²) < 4.78 is 0. The number of carboxylic acid groups (broad SMARTS) is 1. The van der Waals surface area contributed by atoms with Crippen LogP contribution >= 0.6 is 0 Å². The molecule has 2 fully saturated rings. The molecular weight excluding hydrogens is 414 g/mol. The van der Waals surface area contributed by atoms with E-state index in [1.54, 1.807) is 11.9 Å². The summed E-state index contributed by atoms with van der Waals surface area (Å²) in [5.41, 5.74) is -0.513. The van der Waals surface area contributed by atoms with E-state index >= 15 is 0 Å². The molecule has 0 heterocycles. The fourth-order valence-electron chi connectivity index (χ4n) is 4.89. The zero-order valence-electron chi connectivity index (χ0n) is 19.4. The van der Waals surface area contributed by atoms with Gasteiger partial charge < -0.3 is 20.4 Å². The average molecular weight is 452 g/mol. The van der Waals surface area contributed by atoms with Crippen LogP contribution < -0.4 is 5.32 Å². The first-order valence-electron chi connectivity index (χ1n) is 11.6. The van der Waals surface area contributed by atoms with Gasteiger partial charge in [0.15, 0.2) is 5.57 Å². The first-order chi connectivity index (χ1) is 15.2. The highest BCUT2D eigenvalue weighted by Crippen LogP contribution is 2.34. The van der Waals surface area contributed by atoms with Gasteiger partial charge in [0.05, 0.1) is 6.42 Å². The van der Waals surface area contributed by atoms with Crippen LogP contribution in [0.15, 0.2) is 11.5 Å². The van der Waals surface area contributed by atoms with Crippen molar-refractivity contribution in [3.05, 3.63) is 11.5 Å². The van der Waals surface area contributed by atoms with Gasteiger partial charge in [0.1, 0.15) is 0 Å². The zero-order chi connectivity index (χ0) is 23.8. The van der Waals surface area contributed by atoms with Gasteiger partial charge in [0, 0.05) is 25.7 Å². The van der Waals surface area contributed by atoms with Crippen LogP contribution in [-0.2, 0) is 19.2 Å². The van der Waals surface area contributed by atoms with Crippen molar-refractivity contribution in [2.24, 2.45) is 11.8 Å². The van der Waals surface area contributed by atoms with Crippen LogP contribution in [0.4, 0.5) is 0 Å². The van der Waals surface area contributed by atoms with E-state index in [0.717, 1.165) is 43.4 Å². The molecule has 0 saturated heterocycles. The summed E-state index contributed by atoms with van der Waals surface area (Å²) in [7, 11) is 1.65. The van der Waals surface area contributed by atoms with Gasteiger partial charge in [-0.05, 0) is 31.1 Å². The summed E-state index contributed by atoms with van der Waals surface area (Å²) in [4.78, 5) is 51.5. The van der Waals surface area contributed by atoms with E-state index < -0.39 is 29.2 Å². The minimum Gasteiger partial charge on any atom is -0.494 e. The van der Waals surface area contributed by atoms with Crippen molar-refractivity contribution in [1.29, 1.82) is 0 Å². The molecule has 180 valence electrons. The minimum absolute atomic E-state index is 0.0623. The Morgan fingerprint density at radius 1 is 1.00 bits per heavy atom. The Kier molecular flexibility index (Phi) is 9.53. The summed E-state index contributed by atoms with van der Waals surface area (Å²) in [6.45, 7) is 4.04. The number of aliphatic hydroxyl groups excluding tert-OH is 1. The summed E-state index contributed by atoms with van der Waals surface area (Å²) in [6.07, 6.45) is 7.10. The average Bonchev–Trinajstić information content (AvgIpc) is 2.76. The summed E-state index contributed by atoms with van der Waals surface area (Å²) in [5.74, 6) is -2.62. The largest absolute Gasteiger partial charge is 0.494 e. The maximum Gasteiger partial charge on any atom is 0.305 e. The molecule has 0 spiro atoms. The molecule has 9 nitrogen and oxygen atoms in total. The van der Waals surface area contributed by atoms with Gasteiger partial charge in [-0.2, -0.15) is 0 Å². The van der Waals surface area contributed by atoms with Crippen LogP contribution in [0, 0.1) is 11.8 Å². The van der Waals surface area contributed by atoms with E-state index in [4.69, 9.17) is 5.11 Å². The van der Waals surface area contributed by atoms with Gasteiger partial charge in [0.2, 0.25) is 12.3 Å². The number of hydrogen-bond donors (Lipinski definition) is 3. The smallest absolute Gasteiger partial charge is 0.305 e. The third kappa shape index (κ3) is 6.23. The number of carbonyl (C=O) groups is 4. The monoisotopic (exact) mass is 451 g/mol. The topological polar surface area (TPSA) is 127 Å². The number of carboxylic acids is 1. The predicted molar refractivity (Wildman–Crippen MR) is 118 cm³/mol. The number of nitrogens with one attached hydrogen (secondary N) is 1. The quantitative estimate of drug-likeness (QED) is 0.161. The van der Waals surface area contributed by atoms with Crippen molar-refractivity contribution in [2.75, 3.05) is 13.6 Å². The lowest BCUT2D eigenvalue weighted by Gasteiger charge is -2.40. The molecule has 0 radical (unpaired) electrons. The van der Waals surface area contributed by atoms with Crippen molar-refractivity contribution in [3.63, 3.8) is 0 Å². The number of rotatable bonds is 9. The molecule has 2 saturated carbocycles. The zero-order valence-corrected chi connectivity index (χ0v) is 19.4. The molecule has 0 aromatic carbocycles. The maximum atomic E-state index is 13.4. The van der Waals surface area contributed by atoms with E-state index in [0.29, 0.717) is 25.2 Å². The van der Waals surface area contributed by atoms with E-state index in [1.807, 2.05) is 0 Å². The molecule has 0 aromatic rings. The van der Waals surface area contributed by atoms with Gasteiger partial charge in [-0.15, -0.1) is 0 Å². The molecule has 0 aliphatic heterocycles. The van der Waals surface area contributed by atoms with Crippen LogP contribution in [0.3, 0.4) is 0 Å². The predicted octanol–water partition coefficient (Wildman–Crippen LogP) is 2.42. The lowest BCUT2D eigenvalue weighted by molar-refractivity contribution is -0.140. The maximum absolute atomic E-state index is 13.4. The first-order valence-corrected chi connectivity index (χ1v) is 11.6. The van der Waals surface area contributed by atoms with Crippen molar-refractivity contribution >= 4 is 24.2 Å². The SMILES string of the molecule is CC1CCCC(N(C)C(O)=C(C(=O)NCCC(=O)O)C(=O)N(C=O)C2CCCCC2)C1C. The number of aliphatic hydroxyl groups is 1. The molecule has 2 aliphatic carbocycles.